The van der Waals surface area contributed by atoms with Gasteiger partial charge in [-0.2, -0.15) is 9.78 Å². The van der Waals surface area contributed by atoms with Gasteiger partial charge >= 0.3 is 0 Å². The van der Waals surface area contributed by atoms with Crippen molar-refractivity contribution in [2.45, 2.75) is 13.1 Å². The maximum Gasteiger partial charge on any atom is 0.254 e. The van der Waals surface area contributed by atoms with Crippen molar-refractivity contribution in [2.24, 2.45) is 0 Å². The van der Waals surface area contributed by atoms with Gasteiger partial charge in [-0.25, -0.2) is 8.78 Å². The number of aromatic nitrogens is 3. The zero-order chi connectivity index (χ0) is 23.5. The van der Waals surface area contributed by atoms with Gasteiger partial charge in [0, 0.05) is 23.7 Å². The van der Waals surface area contributed by atoms with E-state index in [1.54, 1.807) is 37.4 Å². The van der Waals surface area contributed by atoms with E-state index in [2.05, 4.69) is 15.4 Å². The normalized spacial score (nSPS) is 11.8. The third-order valence-corrected chi connectivity index (χ3v) is 5.07. The second-order valence-electron chi connectivity index (χ2n) is 7.27. The lowest BCUT2D eigenvalue weighted by atomic mass is 10.1. The van der Waals surface area contributed by atoms with Crippen molar-refractivity contribution in [1.29, 1.82) is 10.8 Å². The fourth-order valence-electron chi connectivity index (χ4n) is 3.39. The van der Waals surface area contributed by atoms with Gasteiger partial charge in [0.15, 0.2) is 12.0 Å². The first kappa shape index (κ1) is 21.9. The molecule has 2 heterocycles. The molecule has 4 aromatic rings. The fourth-order valence-corrected chi connectivity index (χ4v) is 3.39. The van der Waals surface area contributed by atoms with Crippen molar-refractivity contribution in [3.63, 3.8) is 0 Å². The van der Waals surface area contributed by atoms with Crippen LogP contribution in [0, 0.1) is 16.6 Å². The Kier molecular flexibility index (Phi) is 6.03. The third kappa shape index (κ3) is 4.38. The Hall–Kier alpha value is -4.27. The number of rotatable bonds is 5. The van der Waals surface area contributed by atoms with Crippen LogP contribution in [0.15, 0.2) is 66.9 Å². The van der Waals surface area contributed by atoms with E-state index in [1.807, 2.05) is 0 Å². The molecule has 4 rings (SSSR count). The molecule has 7 nitrogen and oxygen atoms in total. The molecule has 0 spiro atoms. The van der Waals surface area contributed by atoms with Crippen molar-refractivity contribution in [1.82, 2.24) is 20.1 Å². The number of carbonyl (C=O) groups is 1. The van der Waals surface area contributed by atoms with Crippen LogP contribution in [0.5, 0.6) is 0 Å². The minimum absolute atomic E-state index is 0.104. The van der Waals surface area contributed by atoms with Crippen LogP contribution in [-0.2, 0) is 0 Å². The SMILES string of the molecule is CCNC(=O)c1ccc(-c2ccc(=N)n(C(=N)C(F)c3ccc4ncccc4c3)n2)cc1F. The van der Waals surface area contributed by atoms with Crippen LogP contribution in [0.25, 0.3) is 22.2 Å². The number of halogens is 2. The number of hydrogen-bond donors (Lipinski definition) is 3. The molecule has 3 N–H and O–H groups in total. The molecule has 166 valence electrons. The molecule has 0 saturated carbocycles. The number of carbonyl (C=O) groups excluding carboxylic acids is 1. The van der Waals surface area contributed by atoms with Crippen LogP contribution in [0.1, 0.15) is 29.0 Å². The fraction of sp³-hybridized carbons (Fsp3) is 0.125. The van der Waals surface area contributed by atoms with Crippen molar-refractivity contribution < 1.29 is 13.6 Å². The van der Waals surface area contributed by atoms with E-state index in [0.29, 0.717) is 17.6 Å². The summed E-state index contributed by atoms with van der Waals surface area (Å²) in [6.45, 7) is 2.10. The highest BCUT2D eigenvalue weighted by Crippen LogP contribution is 2.24. The lowest BCUT2D eigenvalue weighted by Gasteiger charge is -2.14. The van der Waals surface area contributed by atoms with E-state index >= 15 is 4.39 Å². The summed E-state index contributed by atoms with van der Waals surface area (Å²) in [5.41, 5.74) is 1.19. The summed E-state index contributed by atoms with van der Waals surface area (Å²) in [7, 11) is 0. The quantitative estimate of drug-likeness (QED) is 0.319. The summed E-state index contributed by atoms with van der Waals surface area (Å²) < 4.78 is 30.6. The summed E-state index contributed by atoms with van der Waals surface area (Å²) in [6.07, 6.45) is -0.205. The number of benzene rings is 2. The molecular formula is C24H20F2N6O. The van der Waals surface area contributed by atoms with E-state index in [1.165, 1.54) is 30.3 Å². The molecule has 0 saturated heterocycles. The Morgan fingerprint density at radius 3 is 2.73 bits per heavy atom. The summed E-state index contributed by atoms with van der Waals surface area (Å²) in [6, 6.07) is 15.2. The van der Waals surface area contributed by atoms with Gasteiger partial charge in [0.2, 0.25) is 0 Å². The van der Waals surface area contributed by atoms with Gasteiger partial charge in [-0.05, 0) is 55.0 Å². The Morgan fingerprint density at radius 1 is 1.15 bits per heavy atom. The molecule has 0 fully saturated rings. The molecule has 9 heteroatoms. The molecule has 0 radical (unpaired) electrons. The number of fused-ring (bicyclic) bond motifs is 1. The summed E-state index contributed by atoms with van der Waals surface area (Å²) in [5, 5.41) is 23.9. The van der Waals surface area contributed by atoms with Gasteiger partial charge in [0.05, 0.1) is 16.8 Å². The average molecular weight is 446 g/mol. The molecule has 0 aliphatic heterocycles. The van der Waals surface area contributed by atoms with Crippen molar-refractivity contribution in [3.8, 4) is 11.3 Å². The van der Waals surface area contributed by atoms with E-state index in [0.717, 1.165) is 16.1 Å². The van der Waals surface area contributed by atoms with E-state index in [-0.39, 0.29) is 22.3 Å². The average Bonchev–Trinajstić information content (AvgIpc) is 2.83. The maximum absolute atomic E-state index is 15.2. The maximum atomic E-state index is 15.2. The van der Waals surface area contributed by atoms with E-state index in [4.69, 9.17) is 10.8 Å². The predicted octanol–water partition coefficient (Wildman–Crippen LogP) is 4.00. The Balaban J connectivity index is 1.66. The number of nitrogens with one attached hydrogen (secondary N) is 3. The van der Waals surface area contributed by atoms with Gasteiger partial charge in [0.25, 0.3) is 5.91 Å². The molecule has 33 heavy (non-hydrogen) atoms. The van der Waals surface area contributed by atoms with Gasteiger partial charge in [-0.1, -0.05) is 18.2 Å². The summed E-state index contributed by atoms with van der Waals surface area (Å²) >= 11 is 0. The molecule has 1 amide bonds. The topological polar surface area (TPSA) is 108 Å². The number of hydrogen-bond acceptors (Lipinski definition) is 5. The number of amides is 1. The second-order valence-corrected chi connectivity index (χ2v) is 7.27. The highest BCUT2D eigenvalue weighted by molar-refractivity contribution is 5.95. The summed E-state index contributed by atoms with van der Waals surface area (Å²) in [5.74, 6) is -1.81. The Bertz CT molecular complexity index is 1430. The highest BCUT2D eigenvalue weighted by Gasteiger charge is 2.20. The first-order valence-electron chi connectivity index (χ1n) is 10.2. The Labute approximate surface area is 187 Å². The monoisotopic (exact) mass is 446 g/mol. The first-order valence-corrected chi connectivity index (χ1v) is 10.2. The Morgan fingerprint density at radius 2 is 1.97 bits per heavy atom. The van der Waals surface area contributed by atoms with Crippen LogP contribution in [0.4, 0.5) is 8.78 Å². The van der Waals surface area contributed by atoms with Crippen LogP contribution >= 0.6 is 0 Å². The number of alkyl halides is 1. The molecule has 1 unspecified atom stereocenters. The molecular weight excluding hydrogens is 426 g/mol. The standard InChI is InChI=1S/C24H20F2N6O/c1-2-29-24(33)17-7-5-15(13-18(17)25)20-9-10-21(27)32(31-20)23(28)22(26)16-6-8-19-14(12-16)4-3-11-30-19/h3-13,22,27-28H,2H2,1H3,(H,29,33). The molecule has 2 aromatic carbocycles. The summed E-state index contributed by atoms with van der Waals surface area (Å²) in [4.78, 5) is 16.1. The van der Waals surface area contributed by atoms with E-state index < -0.39 is 23.7 Å². The van der Waals surface area contributed by atoms with Crippen molar-refractivity contribution in [2.75, 3.05) is 6.54 Å². The second kappa shape index (κ2) is 9.07. The number of nitrogens with zero attached hydrogens (tertiary/aromatic N) is 3. The zero-order valence-corrected chi connectivity index (χ0v) is 17.6. The third-order valence-electron chi connectivity index (χ3n) is 5.07. The van der Waals surface area contributed by atoms with Gasteiger partial charge in [-0.3, -0.25) is 20.6 Å². The lowest BCUT2D eigenvalue weighted by molar-refractivity contribution is 0.0952. The van der Waals surface area contributed by atoms with Crippen LogP contribution < -0.4 is 10.8 Å². The molecule has 0 aliphatic carbocycles. The predicted molar refractivity (Wildman–Crippen MR) is 120 cm³/mol. The van der Waals surface area contributed by atoms with Crippen molar-refractivity contribution >= 4 is 22.6 Å². The first-order chi connectivity index (χ1) is 15.9. The van der Waals surface area contributed by atoms with Gasteiger partial charge in [-0.15, -0.1) is 0 Å². The largest absolute Gasteiger partial charge is 0.352 e. The zero-order valence-electron chi connectivity index (χ0n) is 17.6. The number of pyridine rings is 1. The molecule has 1 atom stereocenters. The van der Waals surface area contributed by atoms with Crippen LogP contribution in [-0.4, -0.2) is 33.1 Å². The van der Waals surface area contributed by atoms with Crippen LogP contribution in [0.3, 0.4) is 0 Å². The highest BCUT2D eigenvalue weighted by atomic mass is 19.1. The minimum atomic E-state index is -1.84. The molecule has 0 bridgehead atoms. The lowest BCUT2D eigenvalue weighted by Crippen LogP contribution is -2.31. The molecule has 2 aromatic heterocycles. The van der Waals surface area contributed by atoms with Crippen LogP contribution in [0.2, 0.25) is 0 Å². The van der Waals surface area contributed by atoms with Gasteiger partial charge < -0.3 is 5.32 Å². The van der Waals surface area contributed by atoms with Crippen molar-refractivity contribution in [3.05, 3.63) is 89.3 Å². The van der Waals surface area contributed by atoms with Gasteiger partial charge in [0.1, 0.15) is 11.3 Å². The van der Waals surface area contributed by atoms with E-state index in [9.17, 15) is 9.18 Å². The molecule has 0 aliphatic rings. The smallest absolute Gasteiger partial charge is 0.254 e. The minimum Gasteiger partial charge on any atom is -0.352 e.